The van der Waals surface area contributed by atoms with Crippen LogP contribution >= 0.6 is 0 Å². The van der Waals surface area contributed by atoms with Crippen LogP contribution in [0.3, 0.4) is 0 Å². The van der Waals surface area contributed by atoms with Crippen LogP contribution in [0.2, 0.25) is 0 Å². The molecule has 0 fully saturated rings. The molecule has 0 radical (unpaired) electrons. The van der Waals surface area contributed by atoms with Gasteiger partial charge in [-0.1, -0.05) is 12.1 Å². The van der Waals surface area contributed by atoms with Crippen molar-refractivity contribution < 1.29 is 4.39 Å². The van der Waals surface area contributed by atoms with E-state index in [1.807, 2.05) is 25.1 Å². The third-order valence-corrected chi connectivity index (χ3v) is 1.96. The molecule has 72 valence electrons. The van der Waals surface area contributed by atoms with Crippen LogP contribution in [0.25, 0.3) is 0 Å². The molecular formula is C10H15FN2. The molecule has 0 aliphatic rings. The Bertz CT molecular complexity index is 263. The molecule has 0 saturated carbocycles. The van der Waals surface area contributed by atoms with Gasteiger partial charge in [0.15, 0.2) is 0 Å². The summed E-state index contributed by atoms with van der Waals surface area (Å²) in [4.78, 5) is 1.89. The van der Waals surface area contributed by atoms with Gasteiger partial charge in [-0.05, 0) is 19.2 Å². The summed E-state index contributed by atoms with van der Waals surface area (Å²) in [5, 5.41) is 3.02. The molecule has 0 atom stereocenters. The van der Waals surface area contributed by atoms with Gasteiger partial charge in [-0.3, -0.25) is 0 Å². The number of nitrogens with zero attached hydrogens (tertiary/aromatic N) is 1. The van der Waals surface area contributed by atoms with E-state index < -0.39 is 0 Å². The number of halogens is 1. The van der Waals surface area contributed by atoms with Crippen molar-refractivity contribution in [2.75, 3.05) is 32.1 Å². The SMILES string of the molecule is CNCCN(C)c1ccccc1F. The summed E-state index contributed by atoms with van der Waals surface area (Å²) in [5.74, 6) is -0.166. The van der Waals surface area contributed by atoms with Crippen molar-refractivity contribution in [3.8, 4) is 0 Å². The first kappa shape index (κ1) is 9.99. The van der Waals surface area contributed by atoms with Gasteiger partial charge in [0, 0.05) is 20.1 Å². The molecule has 1 N–H and O–H groups in total. The lowest BCUT2D eigenvalue weighted by atomic mass is 10.3. The normalized spacial score (nSPS) is 10.1. The highest BCUT2D eigenvalue weighted by atomic mass is 19.1. The van der Waals surface area contributed by atoms with Gasteiger partial charge in [0.25, 0.3) is 0 Å². The lowest BCUT2D eigenvalue weighted by Crippen LogP contribution is -2.27. The summed E-state index contributed by atoms with van der Waals surface area (Å²) in [7, 11) is 3.77. The Morgan fingerprint density at radius 1 is 1.38 bits per heavy atom. The van der Waals surface area contributed by atoms with Crippen LogP contribution in [0.4, 0.5) is 10.1 Å². The number of para-hydroxylation sites is 1. The Labute approximate surface area is 78.4 Å². The number of hydrogen-bond acceptors (Lipinski definition) is 2. The highest BCUT2D eigenvalue weighted by Gasteiger charge is 2.04. The second-order valence-corrected chi connectivity index (χ2v) is 2.98. The van der Waals surface area contributed by atoms with E-state index in [0.717, 1.165) is 13.1 Å². The third kappa shape index (κ3) is 2.70. The van der Waals surface area contributed by atoms with E-state index in [2.05, 4.69) is 5.32 Å². The number of anilines is 1. The van der Waals surface area contributed by atoms with E-state index in [1.54, 1.807) is 12.1 Å². The average molecular weight is 182 g/mol. The summed E-state index contributed by atoms with van der Waals surface area (Å²) in [5.41, 5.74) is 0.651. The molecule has 3 heteroatoms. The molecule has 0 saturated heterocycles. The summed E-state index contributed by atoms with van der Waals surface area (Å²) in [6.07, 6.45) is 0. The van der Waals surface area contributed by atoms with Gasteiger partial charge >= 0.3 is 0 Å². The number of rotatable bonds is 4. The summed E-state index contributed by atoms with van der Waals surface area (Å²) in [6, 6.07) is 6.80. The van der Waals surface area contributed by atoms with Gasteiger partial charge in [-0.15, -0.1) is 0 Å². The lowest BCUT2D eigenvalue weighted by Gasteiger charge is -2.19. The minimum absolute atomic E-state index is 0.166. The molecule has 0 heterocycles. The minimum Gasteiger partial charge on any atom is -0.371 e. The molecule has 1 aromatic carbocycles. The van der Waals surface area contributed by atoms with Gasteiger partial charge in [0.1, 0.15) is 5.82 Å². The van der Waals surface area contributed by atoms with Crippen molar-refractivity contribution in [3.63, 3.8) is 0 Å². The Morgan fingerprint density at radius 3 is 2.69 bits per heavy atom. The lowest BCUT2D eigenvalue weighted by molar-refractivity contribution is 0.620. The summed E-state index contributed by atoms with van der Waals surface area (Å²) < 4.78 is 13.2. The summed E-state index contributed by atoms with van der Waals surface area (Å²) >= 11 is 0. The zero-order chi connectivity index (χ0) is 9.68. The first-order chi connectivity index (χ1) is 6.25. The molecule has 0 unspecified atom stereocenters. The van der Waals surface area contributed by atoms with Crippen LogP contribution in [0, 0.1) is 5.82 Å². The van der Waals surface area contributed by atoms with Crippen LogP contribution in [-0.2, 0) is 0 Å². The van der Waals surface area contributed by atoms with Crippen molar-refractivity contribution in [1.82, 2.24) is 5.32 Å². The minimum atomic E-state index is -0.166. The molecule has 0 bridgehead atoms. The maximum absolute atomic E-state index is 13.2. The second-order valence-electron chi connectivity index (χ2n) is 2.98. The Hall–Kier alpha value is -1.09. The number of benzene rings is 1. The van der Waals surface area contributed by atoms with Gasteiger partial charge in [-0.2, -0.15) is 0 Å². The molecule has 0 aliphatic carbocycles. The second kappa shape index (κ2) is 4.82. The molecule has 0 aliphatic heterocycles. The predicted octanol–water partition coefficient (Wildman–Crippen LogP) is 1.48. The zero-order valence-electron chi connectivity index (χ0n) is 8.05. The van der Waals surface area contributed by atoms with E-state index in [1.165, 1.54) is 6.07 Å². The van der Waals surface area contributed by atoms with Crippen LogP contribution in [0.1, 0.15) is 0 Å². The number of likely N-dealkylation sites (N-methyl/N-ethyl adjacent to an activating group) is 2. The van der Waals surface area contributed by atoms with Gasteiger partial charge in [-0.25, -0.2) is 4.39 Å². The monoisotopic (exact) mass is 182 g/mol. The van der Waals surface area contributed by atoms with Crippen LogP contribution < -0.4 is 10.2 Å². The Balaban J connectivity index is 2.65. The molecule has 1 rings (SSSR count). The van der Waals surface area contributed by atoms with E-state index in [4.69, 9.17) is 0 Å². The van der Waals surface area contributed by atoms with Crippen LogP contribution in [0.5, 0.6) is 0 Å². The maximum atomic E-state index is 13.2. The fraction of sp³-hybridized carbons (Fsp3) is 0.400. The van der Waals surface area contributed by atoms with Crippen molar-refractivity contribution >= 4 is 5.69 Å². The van der Waals surface area contributed by atoms with Gasteiger partial charge in [0.05, 0.1) is 5.69 Å². The molecule has 0 aromatic heterocycles. The van der Waals surface area contributed by atoms with Crippen molar-refractivity contribution in [1.29, 1.82) is 0 Å². The number of nitrogens with one attached hydrogen (secondary N) is 1. The van der Waals surface area contributed by atoms with E-state index in [9.17, 15) is 4.39 Å². The highest BCUT2D eigenvalue weighted by Crippen LogP contribution is 2.15. The number of hydrogen-bond donors (Lipinski definition) is 1. The van der Waals surface area contributed by atoms with Gasteiger partial charge < -0.3 is 10.2 Å². The van der Waals surface area contributed by atoms with Crippen molar-refractivity contribution in [2.24, 2.45) is 0 Å². The van der Waals surface area contributed by atoms with Gasteiger partial charge in [0.2, 0.25) is 0 Å². The standard InChI is InChI=1S/C10H15FN2/c1-12-7-8-13(2)10-6-4-3-5-9(10)11/h3-6,12H,7-8H2,1-2H3. The Morgan fingerprint density at radius 2 is 2.08 bits per heavy atom. The van der Waals surface area contributed by atoms with E-state index >= 15 is 0 Å². The van der Waals surface area contributed by atoms with E-state index in [-0.39, 0.29) is 5.82 Å². The molecule has 0 spiro atoms. The average Bonchev–Trinajstić information content (AvgIpc) is 2.15. The predicted molar refractivity (Wildman–Crippen MR) is 53.6 cm³/mol. The highest BCUT2D eigenvalue weighted by molar-refractivity contribution is 5.46. The zero-order valence-corrected chi connectivity index (χ0v) is 8.05. The van der Waals surface area contributed by atoms with E-state index in [0.29, 0.717) is 5.69 Å². The maximum Gasteiger partial charge on any atom is 0.146 e. The van der Waals surface area contributed by atoms with Crippen molar-refractivity contribution in [2.45, 2.75) is 0 Å². The van der Waals surface area contributed by atoms with Crippen LogP contribution in [0.15, 0.2) is 24.3 Å². The fourth-order valence-electron chi connectivity index (χ4n) is 1.16. The topological polar surface area (TPSA) is 15.3 Å². The molecule has 2 nitrogen and oxygen atoms in total. The Kier molecular flexibility index (Phi) is 3.71. The van der Waals surface area contributed by atoms with Crippen LogP contribution in [-0.4, -0.2) is 27.2 Å². The quantitative estimate of drug-likeness (QED) is 0.758. The smallest absolute Gasteiger partial charge is 0.146 e. The first-order valence-electron chi connectivity index (χ1n) is 4.36. The summed E-state index contributed by atoms with van der Waals surface area (Å²) in [6.45, 7) is 1.66. The molecular weight excluding hydrogens is 167 g/mol. The fourth-order valence-corrected chi connectivity index (χ4v) is 1.16. The van der Waals surface area contributed by atoms with Crippen molar-refractivity contribution in [3.05, 3.63) is 30.1 Å². The molecule has 13 heavy (non-hydrogen) atoms. The molecule has 1 aromatic rings. The molecule has 0 amide bonds. The third-order valence-electron chi connectivity index (χ3n) is 1.96. The largest absolute Gasteiger partial charge is 0.371 e. The first-order valence-corrected chi connectivity index (χ1v) is 4.36.